The van der Waals surface area contributed by atoms with Crippen molar-refractivity contribution in [2.24, 2.45) is 16.7 Å². The van der Waals surface area contributed by atoms with Gasteiger partial charge >= 0.3 is 0 Å². The van der Waals surface area contributed by atoms with Gasteiger partial charge in [-0.05, 0) is 42.4 Å². The smallest absolute Gasteiger partial charge is 0.0584 e. The van der Waals surface area contributed by atoms with Crippen molar-refractivity contribution in [3.05, 3.63) is 0 Å². The van der Waals surface area contributed by atoms with E-state index in [1.165, 1.54) is 19.3 Å². The fourth-order valence-corrected chi connectivity index (χ4v) is 4.25. The lowest BCUT2D eigenvalue weighted by atomic mass is 9.68. The van der Waals surface area contributed by atoms with Gasteiger partial charge in [0.25, 0.3) is 0 Å². The molecule has 0 saturated heterocycles. The Kier molecular flexibility index (Phi) is 3.09. The maximum absolute atomic E-state index is 9.35. The van der Waals surface area contributed by atoms with Gasteiger partial charge in [-0.15, -0.1) is 0 Å². The molecule has 0 heterocycles. The van der Waals surface area contributed by atoms with Gasteiger partial charge in [0.1, 0.15) is 0 Å². The molecule has 2 N–H and O–H groups in total. The van der Waals surface area contributed by atoms with Gasteiger partial charge in [0, 0.05) is 12.1 Å². The summed E-state index contributed by atoms with van der Waals surface area (Å²) in [6.45, 7) is 9.66. The van der Waals surface area contributed by atoms with E-state index >= 15 is 0 Å². The first-order valence-electron chi connectivity index (χ1n) is 6.81. The normalized spacial score (nSPS) is 42.6. The first kappa shape index (κ1) is 12.4. The van der Waals surface area contributed by atoms with Gasteiger partial charge in [0.15, 0.2) is 0 Å². The summed E-state index contributed by atoms with van der Waals surface area (Å²) < 4.78 is 0. The Labute approximate surface area is 99.8 Å². The number of aliphatic hydroxyl groups is 1. The van der Waals surface area contributed by atoms with Gasteiger partial charge in [-0.1, -0.05) is 27.7 Å². The first-order valence-corrected chi connectivity index (χ1v) is 6.81. The molecule has 2 unspecified atom stereocenters. The molecule has 2 fully saturated rings. The van der Waals surface area contributed by atoms with Crippen LogP contribution < -0.4 is 5.32 Å². The standard InChI is InChI=1S/C14H27NO/c1-5-11(9-16)15-12-13(2,3)10-6-7-14(12,4)8-10/h10-12,15-16H,5-9H2,1-4H3/t10-,11?,12?,14+/m0/s1. The molecule has 0 aromatic heterocycles. The Morgan fingerprint density at radius 2 is 2.06 bits per heavy atom. The highest BCUT2D eigenvalue weighted by Crippen LogP contribution is 2.62. The third-order valence-corrected chi connectivity index (χ3v) is 5.39. The minimum Gasteiger partial charge on any atom is -0.395 e. The fourth-order valence-electron chi connectivity index (χ4n) is 4.25. The summed E-state index contributed by atoms with van der Waals surface area (Å²) >= 11 is 0. The lowest BCUT2D eigenvalue weighted by Gasteiger charge is -2.44. The zero-order chi connectivity index (χ0) is 12.0. The van der Waals surface area contributed by atoms with E-state index < -0.39 is 0 Å². The average molecular weight is 225 g/mol. The number of nitrogens with one attached hydrogen (secondary N) is 1. The van der Waals surface area contributed by atoms with E-state index in [9.17, 15) is 5.11 Å². The van der Waals surface area contributed by atoms with Crippen molar-refractivity contribution in [2.75, 3.05) is 6.61 Å². The third kappa shape index (κ3) is 1.70. The Balaban J connectivity index is 2.13. The number of hydrogen-bond acceptors (Lipinski definition) is 2. The summed E-state index contributed by atoms with van der Waals surface area (Å²) in [5, 5.41) is 13.1. The molecule has 0 aromatic carbocycles. The molecule has 0 spiro atoms. The van der Waals surface area contributed by atoms with E-state index in [0.29, 0.717) is 16.9 Å². The molecule has 16 heavy (non-hydrogen) atoms. The van der Waals surface area contributed by atoms with Crippen molar-refractivity contribution in [3.8, 4) is 0 Å². The van der Waals surface area contributed by atoms with E-state index in [4.69, 9.17) is 0 Å². The van der Waals surface area contributed by atoms with Crippen molar-refractivity contribution in [3.63, 3.8) is 0 Å². The van der Waals surface area contributed by atoms with Gasteiger partial charge in [0.2, 0.25) is 0 Å². The molecule has 2 rings (SSSR count). The largest absolute Gasteiger partial charge is 0.395 e. The van der Waals surface area contributed by atoms with E-state index in [2.05, 4.69) is 33.0 Å². The Bertz CT molecular complexity index is 255. The van der Waals surface area contributed by atoms with Crippen LogP contribution in [0.15, 0.2) is 0 Å². The molecule has 0 aliphatic heterocycles. The molecule has 4 atom stereocenters. The Morgan fingerprint density at radius 1 is 1.38 bits per heavy atom. The summed E-state index contributed by atoms with van der Waals surface area (Å²) in [5.74, 6) is 0.881. The predicted octanol–water partition coefficient (Wildman–Crippen LogP) is 2.56. The van der Waals surface area contributed by atoms with Crippen LogP contribution in [0.3, 0.4) is 0 Å². The molecule has 2 bridgehead atoms. The molecule has 2 heteroatoms. The molecule has 2 nitrogen and oxygen atoms in total. The second kappa shape index (κ2) is 3.99. The van der Waals surface area contributed by atoms with E-state index in [1.807, 2.05) is 0 Å². The van der Waals surface area contributed by atoms with Crippen LogP contribution in [0.2, 0.25) is 0 Å². The molecule has 0 radical (unpaired) electrons. The third-order valence-electron chi connectivity index (χ3n) is 5.39. The molecule has 2 aliphatic carbocycles. The summed E-state index contributed by atoms with van der Waals surface area (Å²) in [6.07, 6.45) is 5.15. The van der Waals surface area contributed by atoms with Crippen molar-refractivity contribution in [1.29, 1.82) is 0 Å². The highest BCUT2D eigenvalue weighted by Gasteiger charge is 2.59. The van der Waals surface area contributed by atoms with Gasteiger partial charge in [-0.2, -0.15) is 0 Å². The molecular formula is C14H27NO. The van der Waals surface area contributed by atoms with Crippen LogP contribution in [0.5, 0.6) is 0 Å². The number of fused-ring (bicyclic) bond motifs is 2. The average Bonchev–Trinajstić information content (AvgIpc) is 2.69. The zero-order valence-electron chi connectivity index (χ0n) is 11.2. The highest BCUT2D eigenvalue weighted by atomic mass is 16.3. The van der Waals surface area contributed by atoms with Crippen LogP contribution in [0.25, 0.3) is 0 Å². The van der Waals surface area contributed by atoms with E-state index in [1.54, 1.807) is 0 Å². The van der Waals surface area contributed by atoms with Crippen molar-refractivity contribution < 1.29 is 5.11 Å². The molecule has 94 valence electrons. The minimum absolute atomic E-state index is 0.268. The van der Waals surface area contributed by atoms with Crippen LogP contribution in [-0.2, 0) is 0 Å². The lowest BCUT2D eigenvalue weighted by Crippen LogP contribution is -2.54. The van der Waals surface area contributed by atoms with Crippen LogP contribution in [-0.4, -0.2) is 23.8 Å². The van der Waals surface area contributed by atoms with Crippen molar-refractivity contribution >= 4 is 0 Å². The molecule has 0 aromatic rings. The van der Waals surface area contributed by atoms with Crippen LogP contribution in [0.1, 0.15) is 53.4 Å². The SMILES string of the molecule is CCC(CO)NC1C(C)(C)[C@H]2CC[C@]1(C)C2. The molecule has 2 saturated carbocycles. The van der Waals surface area contributed by atoms with E-state index in [-0.39, 0.29) is 12.6 Å². The fraction of sp³-hybridized carbons (Fsp3) is 1.00. The van der Waals surface area contributed by atoms with Gasteiger partial charge in [0.05, 0.1) is 6.61 Å². The van der Waals surface area contributed by atoms with Crippen molar-refractivity contribution in [1.82, 2.24) is 5.32 Å². The van der Waals surface area contributed by atoms with Gasteiger partial charge in [-0.3, -0.25) is 0 Å². The first-order chi connectivity index (χ1) is 7.44. The Hall–Kier alpha value is -0.0800. The van der Waals surface area contributed by atoms with Gasteiger partial charge in [-0.25, -0.2) is 0 Å². The van der Waals surface area contributed by atoms with Crippen LogP contribution >= 0.6 is 0 Å². The summed E-state index contributed by atoms with van der Waals surface area (Å²) in [4.78, 5) is 0. The van der Waals surface area contributed by atoms with Crippen LogP contribution in [0, 0.1) is 16.7 Å². The number of aliphatic hydroxyl groups excluding tert-OH is 1. The topological polar surface area (TPSA) is 32.3 Å². The quantitative estimate of drug-likeness (QED) is 0.770. The number of rotatable bonds is 4. The summed E-state index contributed by atoms with van der Waals surface area (Å²) in [5.41, 5.74) is 0.867. The zero-order valence-corrected chi connectivity index (χ0v) is 11.2. The maximum Gasteiger partial charge on any atom is 0.0584 e. The predicted molar refractivity (Wildman–Crippen MR) is 67.3 cm³/mol. The molecular weight excluding hydrogens is 198 g/mol. The Morgan fingerprint density at radius 3 is 2.50 bits per heavy atom. The second-order valence-electron chi connectivity index (χ2n) is 6.80. The summed E-state index contributed by atoms with van der Waals surface area (Å²) in [7, 11) is 0. The van der Waals surface area contributed by atoms with Crippen LogP contribution in [0.4, 0.5) is 0 Å². The highest BCUT2D eigenvalue weighted by molar-refractivity contribution is 5.12. The van der Waals surface area contributed by atoms with E-state index in [0.717, 1.165) is 12.3 Å². The van der Waals surface area contributed by atoms with Gasteiger partial charge < -0.3 is 10.4 Å². The second-order valence-corrected chi connectivity index (χ2v) is 6.80. The molecule has 0 amide bonds. The minimum atomic E-state index is 0.268. The van der Waals surface area contributed by atoms with Crippen molar-refractivity contribution in [2.45, 2.75) is 65.5 Å². The summed E-state index contributed by atoms with van der Waals surface area (Å²) in [6, 6.07) is 0.858. The maximum atomic E-state index is 9.35. The lowest BCUT2D eigenvalue weighted by molar-refractivity contribution is 0.0860. The monoisotopic (exact) mass is 225 g/mol. The number of hydrogen-bond donors (Lipinski definition) is 2. The molecule has 2 aliphatic rings.